The lowest BCUT2D eigenvalue weighted by Crippen LogP contribution is -2.40. The number of likely N-dealkylation sites (tertiary alicyclic amines) is 1. The molecule has 7 heteroatoms. The van der Waals surface area contributed by atoms with Crippen LogP contribution < -0.4 is 5.32 Å². The Morgan fingerprint density at radius 2 is 2.16 bits per heavy atom. The molecule has 0 aromatic rings. The highest BCUT2D eigenvalue weighted by Gasteiger charge is 2.31. The molecule has 1 fully saturated rings. The van der Waals surface area contributed by atoms with Gasteiger partial charge in [0.15, 0.2) is 5.71 Å². The summed E-state index contributed by atoms with van der Waals surface area (Å²) >= 11 is 0. The summed E-state index contributed by atoms with van der Waals surface area (Å²) in [6.07, 6.45) is 1.38. The second-order valence-corrected chi connectivity index (χ2v) is 5.13. The summed E-state index contributed by atoms with van der Waals surface area (Å²) in [6.45, 7) is 2.72. The summed E-state index contributed by atoms with van der Waals surface area (Å²) in [7, 11) is 2.09. The lowest BCUT2D eigenvalue weighted by atomic mass is 9.97. The minimum absolute atomic E-state index is 0.0363. The van der Waals surface area contributed by atoms with Gasteiger partial charge in [0.1, 0.15) is 0 Å². The van der Waals surface area contributed by atoms with E-state index in [1.165, 1.54) is 0 Å². The number of rotatable bonds is 4. The number of aliphatic carboxylic acids is 1. The van der Waals surface area contributed by atoms with Crippen molar-refractivity contribution in [3.8, 4) is 0 Å². The Labute approximate surface area is 111 Å². The van der Waals surface area contributed by atoms with Crippen LogP contribution in [-0.2, 0) is 14.4 Å². The first-order chi connectivity index (χ1) is 9.06. The normalized spacial score (nSPS) is 24.7. The molecule has 0 saturated carbocycles. The molecule has 0 radical (unpaired) electrons. The van der Waals surface area contributed by atoms with Crippen LogP contribution in [0.5, 0.6) is 0 Å². The third-order valence-corrected chi connectivity index (χ3v) is 3.61. The average molecular weight is 269 g/mol. The van der Waals surface area contributed by atoms with Gasteiger partial charge in [-0.15, -0.1) is 0 Å². The second kappa shape index (κ2) is 6.01. The van der Waals surface area contributed by atoms with E-state index in [0.29, 0.717) is 12.5 Å². The van der Waals surface area contributed by atoms with Gasteiger partial charge in [-0.25, -0.2) is 4.79 Å². The van der Waals surface area contributed by atoms with Gasteiger partial charge < -0.3 is 20.2 Å². The zero-order valence-corrected chi connectivity index (χ0v) is 11.0. The molecule has 0 aliphatic carbocycles. The van der Waals surface area contributed by atoms with Crippen LogP contribution in [0.25, 0.3) is 0 Å². The van der Waals surface area contributed by atoms with E-state index in [9.17, 15) is 9.59 Å². The van der Waals surface area contributed by atoms with E-state index in [0.717, 1.165) is 25.9 Å². The number of amides is 1. The number of piperidine rings is 1. The van der Waals surface area contributed by atoms with Crippen molar-refractivity contribution in [3.63, 3.8) is 0 Å². The number of oxime groups is 1. The average Bonchev–Trinajstić information content (AvgIpc) is 2.87. The van der Waals surface area contributed by atoms with Crippen molar-refractivity contribution >= 4 is 17.6 Å². The highest BCUT2D eigenvalue weighted by Crippen LogP contribution is 2.15. The van der Waals surface area contributed by atoms with E-state index in [-0.39, 0.29) is 18.0 Å². The number of carbonyl (C=O) groups is 2. The molecular weight excluding hydrogens is 250 g/mol. The molecule has 19 heavy (non-hydrogen) atoms. The van der Waals surface area contributed by atoms with Gasteiger partial charge in [0.2, 0.25) is 6.10 Å². The smallest absolute Gasteiger partial charge is 0.353 e. The molecule has 1 amide bonds. The molecule has 2 rings (SSSR count). The predicted octanol–water partition coefficient (Wildman–Crippen LogP) is -0.326. The summed E-state index contributed by atoms with van der Waals surface area (Å²) in [5.41, 5.74) is -0.0977. The predicted molar refractivity (Wildman–Crippen MR) is 67.8 cm³/mol. The van der Waals surface area contributed by atoms with Crippen LogP contribution in [0.3, 0.4) is 0 Å². The molecule has 0 aromatic carbocycles. The third-order valence-electron chi connectivity index (χ3n) is 3.61. The lowest BCUT2D eigenvalue weighted by molar-refractivity contribution is -0.131. The van der Waals surface area contributed by atoms with Gasteiger partial charge in [-0.05, 0) is 38.9 Å². The standard InChI is InChI=1S/C12H19N3O4/c1-15-4-2-8(3-5-15)7-13-11(16)10-6-9(12(17)18)14-19-10/h8,10H,2-7H2,1H3,(H,13,16)(H,17,18). The van der Waals surface area contributed by atoms with Crippen LogP contribution in [0.2, 0.25) is 0 Å². The van der Waals surface area contributed by atoms with Crippen LogP contribution in [0.15, 0.2) is 5.16 Å². The van der Waals surface area contributed by atoms with E-state index >= 15 is 0 Å². The Hall–Kier alpha value is -1.63. The molecular formula is C12H19N3O4. The highest BCUT2D eigenvalue weighted by molar-refractivity contribution is 6.36. The molecule has 2 aliphatic rings. The van der Waals surface area contributed by atoms with E-state index < -0.39 is 12.1 Å². The fraction of sp³-hybridized carbons (Fsp3) is 0.750. The van der Waals surface area contributed by atoms with Crippen LogP contribution in [0.1, 0.15) is 19.3 Å². The molecule has 7 nitrogen and oxygen atoms in total. The Morgan fingerprint density at radius 3 is 2.74 bits per heavy atom. The van der Waals surface area contributed by atoms with Gasteiger partial charge in [0, 0.05) is 13.0 Å². The Bertz CT molecular complexity index is 388. The maximum absolute atomic E-state index is 11.8. The van der Waals surface area contributed by atoms with Crippen LogP contribution in [-0.4, -0.2) is 60.4 Å². The van der Waals surface area contributed by atoms with Crippen molar-refractivity contribution in [1.82, 2.24) is 10.2 Å². The Kier molecular flexibility index (Phi) is 4.36. The third kappa shape index (κ3) is 3.66. The molecule has 2 N–H and O–H groups in total. The van der Waals surface area contributed by atoms with Crippen molar-refractivity contribution in [1.29, 1.82) is 0 Å². The summed E-state index contributed by atoms with van der Waals surface area (Å²) in [6, 6.07) is 0. The topological polar surface area (TPSA) is 91.2 Å². The van der Waals surface area contributed by atoms with Gasteiger partial charge in [0.05, 0.1) is 0 Å². The molecule has 2 aliphatic heterocycles. The van der Waals surface area contributed by atoms with Gasteiger partial charge >= 0.3 is 5.97 Å². The lowest BCUT2D eigenvalue weighted by Gasteiger charge is -2.29. The zero-order valence-electron chi connectivity index (χ0n) is 11.0. The van der Waals surface area contributed by atoms with Gasteiger partial charge in [-0.1, -0.05) is 5.16 Å². The molecule has 0 aromatic heterocycles. The van der Waals surface area contributed by atoms with Crippen molar-refractivity contribution < 1.29 is 19.5 Å². The number of nitrogens with zero attached hydrogens (tertiary/aromatic N) is 2. The monoisotopic (exact) mass is 269 g/mol. The Morgan fingerprint density at radius 1 is 1.47 bits per heavy atom. The fourth-order valence-electron chi connectivity index (χ4n) is 2.27. The van der Waals surface area contributed by atoms with E-state index in [1.54, 1.807) is 0 Å². The summed E-state index contributed by atoms with van der Waals surface area (Å²) in [4.78, 5) is 29.6. The maximum Gasteiger partial charge on any atom is 0.353 e. The molecule has 0 spiro atoms. The second-order valence-electron chi connectivity index (χ2n) is 5.13. The van der Waals surface area contributed by atoms with Crippen molar-refractivity contribution in [3.05, 3.63) is 0 Å². The van der Waals surface area contributed by atoms with Gasteiger partial charge in [0.25, 0.3) is 5.91 Å². The molecule has 0 bridgehead atoms. The van der Waals surface area contributed by atoms with Gasteiger partial charge in [-0.2, -0.15) is 0 Å². The molecule has 2 heterocycles. The molecule has 1 atom stereocenters. The number of hydrogen-bond acceptors (Lipinski definition) is 5. The number of carbonyl (C=O) groups excluding carboxylic acids is 1. The highest BCUT2D eigenvalue weighted by atomic mass is 16.6. The van der Waals surface area contributed by atoms with Crippen LogP contribution >= 0.6 is 0 Å². The van der Waals surface area contributed by atoms with Crippen LogP contribution in [0, 0.1) is 5.92 Å². The Balaban J connectivity index is 1.70. The number of carboxylic acid groups (broad SMARTS) is 1. The summed E-state index contributed by atoms with van der Waals surface area (Å²) in [5.74, 6) is -0.925. The molecule has 1 saturated heterocycles. The van der Waals surface area contributed by atoms with E-state index in [4.69, 9.17) is 9.94 Å². The SMILES string of the molecule is CN1CCC(CNC(=O)C2CC(C(=O)O)=NO2)CC1. The minimum Gasteiger partial charge on any atom is -0.477 e. The van der Waals surface area contributed by atoms with E-state index in [2.05, 4.69) is 22.4 Å². The first-order valence-electron chi connectivity index (χ1n) is 6.48. The summed E-state index contributed by atoms with van der Waals surface area (Å²) < 4.78 is 0. The van der Waals surface area contributed by atoms with Gasteiger partial charge in [-0.3, -0.25) is 4.79 Å². The first kappa shape index (κ1) is 13.8. The number of carboxylic acids is 1. The fourth-order valence-corrected chi connectivity index (χ4v) is 2.27. The molecule has 1 unspecified atom stereocenters. The quantitative estimate of drug-likeness (QED) is 0.729. The van der Waals surface area contributed by atoms with Crippen LogP contribution in [0.4, 0.5) is 0 Å². The first-order valence-corrected chi connectivity index (χ1v) is 6.48. The van der Waals surface area contributed by atoms with Crippen molar-refractivity contribution in [2.45, 2.75) is 25.4 Å². The summed E-state index contributed by atoms with van der Waals surface area (Å²) in [5, 5.41) is 14.9. The molecule has 106 valence electrons. The number of nitrogens with one attached hydrogen (secondary N) is 1. The largest absolute Gasteiger partial charge is 0.477 e. The van der Waals surface area contributed by atoms with E-state index in [1.807, 2.05) is 0 Å². The van der Waals surface area contributed by atoms with Crippen molar-refractivity contribution in [2.75, 3.05) is 26.7 Å². The van der Waals surface area contributed by atoms with Crippen molar-refractivity contribution in [2.24, 2.45) is 11.1 Å². The maximum atomic E-state index is 11.8. The minimum atomic E-state index is -1.13. The zero-order chi connectivity index (χ0) is 13.8. The number of hydrogen-bond donors (Lipinski definition) is 2.